The van der Waals surface area contributed by atoms with Crippen LogP contribution < -0.4 is 0 Å². The van der Waals surface area contributed by atoms with Crippen molar-refractivity contribution in [1.29, 1.82) is 5.26 Å². The molecule has 0 spiro atoms. The zero-order valence-corrected chi connectivity index (χ0v) is 8.50. The van der Waals surface area contributed by atoms with Crippen LogP contribution in [0.15, 0.2) is 12.1 Å². The number of carbonyl (C=O) groups is 1. The Morgan fingerprint density at radius 2 is 2.19 bits per heavy atom. The Kier molecular flexibility index (Phi) is 3.56. The average Bonchev–Trinajstić information content (AvgIpc) is 2.26. The molecule has 0 fully saturated rings. The lowest BCUT2D eigenvalue weighted by Crippen LogP contribution is -2.05. The summed E-state index contributed by atoms with van der Waals surface area (Å²) in [7, 11) is 0. The van der Waals surface area contributed by atoms with E-state index >= 15 is 0 Å². The van der Waals surface area contributed by atoms with Gasteiger partial charge in [0, 0.05) is 5.56 Å². The normalized spacial score (nSPS) is 10.2. The number of halogens is 2. The Balaban J connectivity index is 3.49. The van der Waals surface area contributed by atoms with Gasteiger partial charge in [0.2, 0.25) is 0 Å². The fourth-order valence-corrected chi connectivity index (χ4v) is 1.42. The van der Waals surface area contributed by atoms with E-state index in [-0.39, 0.29) is 5.56 Å². The summed E-state index contributed by atoms with van der Waals surface area (Å²) in [4.78, 5) is 10.8. The highest BCUT2D eigenvalue weighted by Crippen LogP contribution is 2.26. The Hall–Kier alpha value is -1.96. The maximum absolute atomic E-state index is 12.6. The van der Waals surface area contributed by atoms with E-state index in [2.05, 4.69) is 0 Å². The van der Waals surface area contributed by atoms with Gasteiger partial charge in [-0.3, -0.25) is 0 Å². The monoisotopic (exact) mass is 225 g/mol. The van der Waals surface area contributed by atoms with Crippen molar-refractivity contribution < 1.29 is 18.7 Å². The van der Waals surface area contributed by atoms with Gasteiger partial charge in [-0.1, -0.05) is 6.92 Å². The highest BCUT2D eigenvalue weighted by molar-refractivity contribution is 5.90. The number of hydrogen-bond acceptors (Lipinski definition) is 2. The molecule has 0 amide bonds. The minimum Gasteiger partial charge on any atom is -0.478 e. The zero-order valence-electron chi connectivity index (χ0n) is 8.50. The number of rotatable bonds is 3. The summed E-state index contributed by atoms with van der Waals surface area (Å²) >= 11 is 0. The quantitative estimate of drug-likeness (QED) is 0.860. The number of aryl methyl sites for hydroxylation is 1. The Morgan fingerprint density at radius 1 is 1.56 bits per heavy atom. The zero-order chi connectivity index (χ0) is 12.3. The lowest BCUT2D eigenvalue weighted by atomic mass is 9.97. The number of benzene rings is 1. The van der Waals surface area contributed by atoms with Crippen molar-refractivity contribution in [3.8, 4) is 6.07 Å². The number of nitrogens with zero attached hydrogens (tertiary/aromatic N) is 1. The summed E-state index contributed by atoms with van der Waals surface area (Å²) in [5, 5.41) is 17.5. The van der Waals surface area contributed by atoms with Gasteiger partial charge >= 0.3 is 5.97 Å². The smallest absolute Gasteiger partial charge is 0.336 e. The van der Waals surface area contributed by atoms with E-state index in [1.165, 1.54) is 0 Å². The SMILES string of the molecule is CCc1cc(C(=O)O)c(C(F)F)cc1C#N. The summed E-state index contributed by atoms with van der Waals surface area (Å²) < 4.78 is 25.1. The molecule has 0 aliphatic rings. The third-order valence-corrected chi connectivity index (χ3v) is 2.24. The Morgan fingerprint density at radius 3 is 2.56 bits per heavy atom. The van der Waals surface area contributed by atoms with Crippen molar-refractivity contribution in [3.05, 3.63) is 34.4 Å². The molecule has 1 N–H and O–H groups in total. The van der Waals surface area contributed by atoms with Crippen LogP contribution in [0.1, 0.15) is 40.4 Å². The first-order valence-corrected chi connectivity index (χ1v) is 4.59. The summed E-state index contributed by atoms with van der Waals surface area (Å²) in [5.74, 6) is -1.41. The molecule has 0 saturated carbocycles. The van der Waals surface area contributed by atoms with Crippen LogP contribution in [0.3, 0.4) is 0 Å². The van der Waals surface area contributed by atoms with Crippen molar-refractivity contribution in [2.45, 2.75) is 19.8 Å². The third-order valence-electron chi connectivity index (χ3n) is 2.24. The van der Waals surface area contributed by atoms with Crippen LogP contribution in [0.2, 0.25) is 0 Å². The van der Waals surface area contributed by atoms with E-state index in [4.69, 9.17) is 10.4 Å². The largest absolute Gasteiger partial charge is 0.478 e. The van der Waals surface area contributed by atoms with Crippen molar-refractivity contribution in [2.24, 2.45) is 0 Å². The molecule has 0 unspecified atom stereocenters. The van der Waals surface area contributed by atoms with Gasteiger partial charge in [0.15, 0.2) is 0 Å². The first-order chi connectivity index (χ1) is 7.51. The second-order valence-corrected chi connectivity index (χ2v) is 3.17. The summed E-state index contributed by atoms with van der Waals surface area (Å²) in [6.45, 7) is 1.73. The van der Waals surface area contributed by atoms with Crippen molar-refractivity contribution in [1.82, 2.24) is 0 Å². The van der Waals surface area contributed by atoms with Gasteiger partial charge in [0.1, 0.15) is 0 Å². The van der Waals surface area contributed by atoms with Gasteiger partial charge in [0.25, 0.3) is 6.43 Å². The van der Waals surface area contributed by atoms with Crippen molar-refractivity contribution in [2.75, 3.05) is 0 Å². The molecule has 0 saturated heterocycles. The number of alkyl halides is 2. The summed E-state index contributed by atoms with van der Waals surface area (Å²) in [6, 6.07) is 3.87. The van der Waals surface area contributed by atoms with Crippen LogP contribution in [-0.4, -0.2) is 11.1 Å². The molecule has 1 aromatic carbocycles. The van der Waals surface area contributed by atoms with Crippen LogP contribution in [0.5, 0.6) is 0 Å². The fraction of sp³-hybridized carbons (Fsp3) is 0.273. The average molecular weight is 225 g/mol. The molecule has 16 heavy (non-hydrogen) atoms. The fourth-order valence-electron chi connectivity index (χ4n) is 1.42. The first kappa shape index (κ1) is 12.1. The molecule has 0 aliphatic carbocycles. The molecular formula is C11H9F2NO2. The molecule has 0 heterocycles. The Labute approximate surface area is 90.9 Å². The lowest BCUT2D eigenvalue weighted by molar-refractivity contribution is 0.0684. The molecule has 0 radical (unpaired) electrons. The van der Waals surface area contributed by atoms with Gasteiger partial charge in [0.05, 0.1) is 17.2 Å². The second-order valence-electron chi connectivity index (χ2n) is 3.17. The summed E-state index contributed by atoms with van der Waals surface area (Å²) in [5.41, 5.74) is -0.487. The topological polar surface area (TPSA) is 61.1 Å². The third kappa shape index (κ3) is 2.16. The van der Waals surface area contributed by atoms with Gasteiger partial charge in [-0.05, 0) is 24.1 Å². The van der Waals surface area contributed by atoms with E-state index in [0.717, 1.165) is 12.1 Å². The molecule has 0 aromatic heterocycles. The van der Waals surface area contributed by atoms with Crippen LogP contribution in [-0.2, 0) is 6.42 Å². The number of hydrogen-bond donors (Lipinski definition) is 1. The first-order valence-electron chi connectivity index (χ1n) is 4.59. The van der Waals surface area contributed by atoms with Gasteiger partial charge in [-0.15, -0.1) is 0 Å². The van der Waals surface area contributed by atoms with E-state index in [1.54, 1.807) is 13.0 Å². The number of carboxylic acids is 1. The minimum atomic E-state index is -2.90. The van der Waals surface area contributed by atoms with Crippen LogP contribution in [0.4, 0.5) is 8.78 Å². The minimum absolute atomic E-state index is 0.0998. The molecule has 5 heteroatoms. The van der Waals surface area contributed by atoms with E-state index in [0.29, 0.717) is 12.0 Å². The predicted molar refractivity (Wildman–Crippen MR) is 52.5 cm³/mol. The predicted octanol–water partition coefficient (Wildman–Crippen LogP) is 2.76. The number of carboxylic acid groups (broad SMARTS) is 1. The molecule has 3 nitrogen and oxygen atoms in total. The van der Waals surface area contributed by atoms with Gasteiger partial charge in [-0.2, -0.15) is 5.26 Å². The Bertz CT molecular complexity index is 464. The van der Waals surface area contributed by atoms with Gasteiger partial charge in [-0.25, -0.2) is 13.6 Å². The van der Waals surface area contributed by atoms with Crippen LogP contribution in [0.25, 0.3) is 0 Å². The molecule has 1 rings (SSSR count). The van der Waals surface area contributed by atoms with Crippen LogP contribution in [0, 0.1) is 11.3 Å². The maximum atomic E-state index is 12.6. The van der Waals surface area contributed by atoms with E-state index in [1.807, 2.05) is 0 Å². The molecule has 0 bridgehead atoms. The van der Waals surface area contributed by atoms with E-state index < -0.39 is 23.5 Å². The maximum Gasteiger partial charge on any atom is 0.336 e. The molecular weight excluding hydrogens is 216 g/mol. The summed E-state index contributed by atoms with van der Waals surface area (Å²) in [6.07, 6.45) is -2.48. The number of aromatic carboxylic acids is 1. The number of nitriles is 1. The second kappa shape index (κ2) is 4.71. The lowest BCUT2D eigenvalue weighted by Gasteiger charge is -2.08. The van der Waals surface area contributed by atoms with Gasteiger partial charge < -0.3 is 5.11 Å². The molecule has 0 atom stereocenters. The highest BCUT2D eigenvalue weighted by atomic mass is 19.3. The molecule has 0 aliphatic heterocycles. The van der Waals surface area contributed by atoms with Crippen molar-refractivity contribution >= 4 is 5.97 Å². The highest BCUT2D eigenvalue weighted by Gasteiger charge is 2.20. The standard InChI is InChI=1S/C11H9F2NO2/c1-2-6-3-9(11(15)16)8(10(12)13)4-7(6)5-14/h3-4,10H,2H2,1H3,(H,15,16). The molecule has 84 valence electrons. The molecule has 1 aromatic rings. The van der Waals surface area contributed by atoms with Crippen molar-refractivity contribution in [3.63, 3.8) is 0 Å². The van der Waals surface area contributed by atoms with Crippen LogP contribution >= 0.6 is 0 Å². The van der Waals surface area contributed by atoms with E-state index in [9.17, 15) is 13.6 Å².